The Morgan fingerprint density at radius 3 is 2.46 bits per heavy atom. The Morgan fingerprint density at radius 2 is 1.82 bits per heavy atom. The maximum atomic E-state index is 13.4. The number of ether oxygens (including phenoxy) is 2. The molecule has 6 nitrogen and oxygen atoms in total. The normalized spacial score (nSPS) is 10.3. The van der Waals surface area contributed by atoms with E-state index >= 15 is 0 Å². The van der Waals surface area contributed by atoms with Crippen LogP contribution in [0.4, 0.5) is 10.1 Å². The first-order chi connectivity index (χ1) is 13.4. The van der Waals surface area contributed by atoms with Crippen LogP contribution in [-0.4, -0.2) is 39.1 Å². The molecule has 0 aliphatic heterocycles. The quantitative estimate of drug-likeness (QED) is 0.717. The van der Waals surface area contributed by atoms with Crippen LogP contribution in [0.2, 0.25) is 0 Å². The molecule has 2 aromatic carbocycles. The fourth-order valence-electron chi connectivity index (χ4n) is 2.80. The van der Waals surface area contributed by atoms with E-state index in [1.807, 2.05) is 18.2 Å². The van der Waals surface area contributed by atoms with Crippen LogP contribution in [0, 0.1) is 5.82 Å². The number of nitrogens with zero attached hydrogens (tertiary/aromatic N) is 1. The van der Waals surface area contributed by atoms with Crippen molar-refractivity contribution in [1.29, 1.82) is 0 Å². The summed E-state index contributed by atoms with van der Waals surface area (Å²) in [4.78, 5) is 25.3. The average molecular weight is 388 g/mol. The lowest BCUT2D eigenvalue weighted by Gasteiger charge is -2.21. The molecule has 0 saturated heterocycles. The number of carbonyl (C=O) groups excluding carboxylic acids is 2. The minimum absolute atomic E-state index is 0.127. The van der Waals surface area contributed by atoms with Gasteiger partial charge in [0, 0.05) is 32.1 Å². The molecule has 0 unspecified atom stereocenters. The number of benzene rings is 2. The molecule has 0 heterocycles. The smallest absolute Gasteiger partial charge is 0.223 e. The van der Waals surface area contributed by atoms with Gasteiger partial charge in [-0.1, -0.05) is 12.1 Å². The van der Waals surface area contributed by atoms with Crippen molar-refractivity contribution >= 4 is 17.5 Å². The molecule has 0 spiro atoms. The summed E-state index contributed by atoms with van der Waals surface area (Å²) in [7, 11) is 3.15. The maximum absolute atomic E-state index is 13.4. The van der Waals surface area contributed by atoms with Crippen molar-refractivity contribution in [3.63, 3.8) is 0 Å². The van der Waals surface area contributed by atoms with Crippen LogP contribution in [0.3, 0.4) is 0 Å². The fourth-order valence-corrected chi connectivity index (χ4v) is 2.80. The molecular weight excluding hydrogens is 363 g/mol. The molecule has 0 bridgehead atoms. The molecule has 0 radical (unpaired) electrons. The van der Waals surface area contributed by atoms with E-state index in [4.69, 9.17) is 9.47 Å². The number of halogens is 1. The van der Waals surface area contributed by atoms with Gasteiger partial charge in [-0.2, -0.15) is 0 Å². The minimum Gasteiger partial charge on any atom is -0.493 e. The molecule has 150 valence electrons. The van der Waals surface area contributed by atoms with Gasteiger partial charge in [0.2, 0.25) is 11.8 Å². The van der Waals surface area contributed by atoms with E-state index in [2.05, 4.69) is 5.32 Å². The summed E-state index contributed by atoms with van der Waals surface area (Å²) in [5, 5.41) is 2.83. The van der Waals surface area contributed by atoms with Crippen molar-refractivity contribution in [2.75, 3.05) is 32.2 Å². The Morgan fingerprint density at radius 1 is 1.07 bits per heavy atom. The van der Waals surface area contributed by atoms with Crippen molar-refractivity contribution in [3.8, 4) is 11.5 Å². The van der Waals surface area contributed by atoms with Crippen LogP contribution >= 0.6 is 0 Å². The van der Waals surface area contributed by atoms with Gasteiger partial charge in [0.25, 0.3) is 0 Å². The zero-order valence-corrected chi connectivity index (χ0v) is 16.3. The van der Waals surface area contributed by atoms with Gasteiger partial charge in [0.15, 0.2) is 11.5 Å². The van der Waals surface area contributed by atoms with Gasteiger partial charge in [-0.05, 0) is 42.3 Å². The highest BCUT2D eigenvalue weighted by Gasteiger charge is 2.14. The van der Waals surface area contributed by atoms with Gasteiger partial charge >= 0.3 is 0 Å². The standard InChI is InChI=1S/C21H25FN2O4/c1-15(25)24(18-6-4-5-17(22)14-18)12-10-21(26)23-11-9-16-7-8-19(27-2)20(13-16)28-3/h4-8,13-14H,9-12H2,1-3H3,(H,23,26). The largest absolute Gasteiger partial charge is 0.493 e. The highest BCUT2D eigenvalue weighted by atomic mass is 19.1. The Balaban J connectivity index is 1.84. The van der Waals surface area contributed by atoms with Gasteiger partial charge < -0.3 is 19.7 Å². The Bertz CT molecular complexity index is 826. The van der Waals surface area contributed by atoms with Gasteiger partial charge in [-0.25, -0.2) is 4.39 Å². The zero-order chi connectivity index (χ0) is 20.5. The third-order valence-corrected chi connectivity index (χ3v) is 4.25. The molecule has 0 aliphatic rings. The molecule has 2 rings (SSSR count). The van der Waals surface area contributed by atoms with Crippen molar-refractivity contribution in [1.82, 2.24) is 5.32 Å². The summed E-state index contributed by atoms with van der Waals surface area (Å²) < 4.78 is 23.9. The van der Waals surface area contributed by atoms with Crippen LogP contribution < -0.4 is 19.7 Å². The number of methoxy groups -OCH3 is 2. The Hall–Kier alpha value is -3.09. The predicted molar refractivity (Wildman–Crippen MR) is 105 cm³/mol. The van der Waals surface area contributed by atoms with Crippen molar-refractivity contribution in [2.24, 2.45) is 0 Å². The molecule has 1 N–H and O–H groups in total. The fraction of sp³-hybridized carbons (Fsp3) is 0.333. The predicted octanol–water partition coefficient (Wildman–Crippen LogP) is 2.94. The average Bonchev–Trinajstić information content (AvgIpc) is 2.67. The number of rotatable bonds is 9. The monoisotopic (exact) mass is 388 g/mol. The van der Waals surface area contributed by atoms with Crippen LogP contribution in [0.1, 0.15) is 18.9 Å². The van der Waals surface area contributed by atoms with Crippen LogP contribution in [-0.2, 0) is 16.0 Å². The summed E-state index contributed by atoms with van der Waals surface area (Å²) in [6.45, 7) is 2.02. The highest BCUT2D eigenvalue weighted by Crippen LogP contribution is 2.27. The number of anilines is 1. The molecular formula is C21H25FN2O4. The number of carbonyl (C=O) groups is 2. The number of hydrogen-bond donors (Lipinski definition) is 1. The summed E-state index contributed by atoms with van der Waals surface area (Å²) in [6.07, 6.45) is 0.758. The number of nitrogens with one attached hydrogen (secondary N) is 1. The first-order valence-corrected chi connectivity index (χ1v) is 8.96. The zero-order valence-electron chi connectivity index (χ0n) is 16.3. The summed E-state index contributed by atoms with van der Waals surface area (Å²) >= 11 is 0. The van der Waals surface area contributed by atoms with Crippen LogP contribution in [0.25, 0.3) is 0 Å². The molecule has 0 saturated carbocycles. The van der Waals surface area contributed by atoms with Crippen molar-refractivity contribution in [3.05, 3.63) is 53.8 Å². The lowest BCUT2D eigenvalue weighted by molar-refractivity contribution is -0.121. The van der Waals surface area contributed by atoms with Crippen molar-refractivity contribution in [2.45, 2.75) is 19.8 Å². The van der Waals surface area contributed by atoms with Gasteiger partial charge in [-0.3, -0.25) is 9.59 Å². The summed E-state index contributed by atoms with van der Waals surface area (Å²) in [5.74, 6) is 0.436. The second kappa shape index (κ2) is 10.3. The second-order valence-corrected chi connectivity index (χ2v) is 6.19. The molecule has 0 aromatic heterocycles. The maximum Gasteiger partial charge on any atom is 0.223 e. The van der Waals surface area contributed by atoms with Gasteiger partial charge in [0.05, 0.1) is 14.2 Å². The topological polar surface area (TPSA) is 67.9 Å². The SMILES string of the molecule is COc1ccc(CCNC(=O)CCN(C(C)=O)c2cccc(F)c2)cc1OC. The number of hydrogen-bond acceptors (Lipinski definition) is 4. The molecule has 7 heteroatoms. The van der Waals surface area contributed by atoms with Crippen LogP contribution in [0.5, 0.6) is 11.5 Å². The Kier molecular flexibility index (Phi) is 7.80. The van der Waals surface area contributed by atoms with Gasteiger partial charge in [0.1, 0.15) is 5.82 Å². The molecule has 2 aromatic rings. The molecule has 28 heavy (non-hydrogen) atoms. The van der Waals surface area contributed by atoms with E-state index in [-0.39, 0.29) is 24.8 Å². The van der Waals surface area contributed by atoms with E-state index in [9.17, 15) is 14.0 Å². The molecule has 0 fully saturated rings. The van der Waals surface area contributed by atoms with E-state index in [0.717, 1.165) is 5.56 Å². The first-order valence-electron chi connectivity index (χ1n) is 8.96. The molecule has 2 amide bonds. The minimum atomic E-state index is -0.428. The van der Waals surface area contributed by atoms with E-state index in [1.165, 1.54) is 30.0 Å². The molecule has 0 aliphatic carbocycles. The second-order valence-electron chi connectivity index (χ2n) is 6.19. The highest BCUT2D eigenvalue weighted by molar-refractivity contribution is 5.92. The van der Waals surface area contributed by atoms with E-state index < -0.39 is 5.82 Å². The molecule has 0 atom stereocenters. The lowest BCUT2D eigenvalue weighted by Crippen LogP contribution is -2.34. The lowest BCUT2D eigenvalue weighted by atomic mass is 10.1. The van der Waals surface area contributed by atoms with Crippen LogP contribution in [0.15, 0.2) is 42.5 Å². The van der Waals surface area contributed by atoms with Gasteiger partial charge in [-0.15, -0.1) is 0 Å². The third kappa shape index (κ3) is 5.97. The van der Waals surface area contributed by atoms with E-state index in [1.54, 1.807) is 20.3 Å². The Labute approximate surface area is 164 Å². The first kappa shape index (κ1) is 21.2. The van der Waals surface area contributed by atoms with Crippen molar-refractivity contribution < 1.29 is 23.5 Å². The summed E-state index contributed by atoms with van der Waals surface area (Å²) in [5.41, 5.74) is 1.44. The summed E-state index contributed by atoms with van der Waals surface area (Å²) in [6, 6.07) is 11.4. The third-order valence-electron chi connectivity index (χ3n) is 4.25. The number of amides is 2. The van der Waals surface area contributed by atoms with E-state index in [0.29, 0.717) is 30.2 Å².